The van der Waals surface area contributed by atoms with Crippen molar-refractivity contribution in [2.24, 2.45) is 5.92 Å². The number of benzene rings is 1. The molecule has 132 valence electrons. The van der Waals surface area contributed by atoms with E-state index in [1.165, 1.54) is 6.42 Å². The second kappa shape index (κ2) is 9.94. The van der Waals surface area contributed by atoms with Crippen LogP contribution in [-0.2, 0) is 15.3 Å². The zero-order chi connectivity index (χ0) is 17.4. The molecule has 24 heavy (non-hydrogen) atoms. The number of hydrogen-bond acceptors (Lipinski definition) is 3. The molecule has 0 aliphatic carbocycles. The molecule has 6 heteroatoms. The normalized spacial score (nSPS) is 17.6. The number of amides is 2. The fourth-order valence-electron chi connectivity index (χ4n) is 2.82. The third kappa shape index (κ3) is 6.73. The molecule has 0 saturated carbocycles. The minimum absolute atomic E-state index is 0.0261. The van der Waals surface area contributed by atoms with E-state index >= 15 is 0 Å². The van der Waals surface area contributed by atoms with Gasteiger partial charge >= 0.3 is 0 Å². The highest BCUT2D eigenvalue weighted by Gasteiger charge is 2.20. The highest BCUT2D eigenvalue weighted by molar-refractivity contribution is 7.99. The summed E-state index contributed by atoms with van der Waals surface area (Å²) < 4.78 is 0. The van der Waals surface area contributed by atoms with Crippen LogP contribution in [-0.4, -0.2) is 42.1 Å². The van der Waals surface area contributed by atoms with Crippen LogP contribution in [0.2, 0.25) is 5.02 Å². The van der Waals surface area contributed by atoms with Gasteiger partial charge in [0.15, 0.2) is 0 Å². The Balaban J connectivity index is 1.58. The molecule has 1 aromatic carbocycles. The number of nitrogens with one attached hydrogen (secondary N) is 1. The molecule has 0 aromatic heterocycles. The lowest BCUT2D eigenvalue weighted by Gasteiger charge is -2.31. The average molecular weight is 369 g/mol. The van der Waals surface area contributed by atoms with E-state index in [4.69, 9.17) is 11.6 Å². The largest absolute Gasteiger partial charge is 0.355 e. The van der Waals surface area contributed by atoms with Gasteiger partial charge in [-0.25, -0.2) is 0 Å². The molecule has 1 saturated heterocycles. The molecular weight excluding hydrogens is 344 g/mol. The Labute approximate surface area is 153 Å². The first-order valence-electron chi connectivity index (χ1n) is 8.41. The second-order valence-corrected chi connectivity index (χ2v) is 7.73. The summed E-state index contributed by atoms with van der Waals surface area (Å²) in [5.74, 6) is 1.84. The smallest absolute Gasteiger partial charge is 0.230 e. The van der Waals surface area contributed by atoms with Gasteiger partial charge in [-0.15, -0.1) is 11.8 Å². The summed E-state index contributed by atoms with van der Waals surface area (Å²) in [6, 6.07) is 7.65. The van der Waals surface area contributed by atoms with Gasteiger partial charge in [0, 0.05) is 36.8 Å². The molecule has 1 fully saturated rings. The molecule has 1 aromatic rings. The van der Waals surface area contributed by atoms with Crippen LogP contribution in [0.3, 0.4) is 0 Å². The average Bonchev–Trinajstić information content (AvgIpc) is 2.55. The van der Waals surface area contributed by atoms with Crippen molar-refractivity contribution in [1.82, 2.24) is 10.2 Å². The number of likely N-dealkylation sites (tertiary alicyclic amines) is 1. The number of thioether (sulfide) groups is 1. The van der Waals surface area contributed by atoms with Crippen LogP contribution < -0.4 is 5.32 Å². The van der Waals surface area contributed by atoms with Gasteiger partial charge < -0.3 is 10.2 Å². The second-order valence-electron chi connectivity index (χ2n) is 6.31. The highest BCUT2D eigenvalue weighted by Crippen LogP contribution is 2.17. The van der Waals surface area contributed by atoms with Gasteiger partial charge in [-0.2, -0.15) is 0 Å². The summed E-state index contributed by atoms with van der Waals surface area (Å²) in [5.41, 5.74) is 1.11. The van der Waals surface area contributed by atoms with Crippen molar-refractivity contribution in [2.75, 3.05) is 25.4 Å². The standard InChI is InChI=1S/C18H25ClN2O2S/c1-14-4-3-9-21(11-14)18(23)7-8-20-17(22)13-24-12-15-5-2-6-16(19)10-15/h2,5-6,10,14H,3-4,7-9,11-13H2,1H3,(H,20,22). The van der Waals surface area contributed by atoms with E-state index in [0.717, 1.165) is 30.8 Å². The number of hydrogen-bond donors (Lipinski definition) is 1. The Kier molecular flexibility index (Phi) is 7.92. The van der Waals surface area contributed by atoms with Gasteiger partial charge in [0.1, 0.15) is 0 Å². The van der Waals surface area contributed by atoms with E-state index in [0.29, 0.717) is 29.7 Å². The van der Waals surface area contributed by atoms with Crippen molar-refractivity contribution in [3.8, 4) is 0 Å². The lowest BCUT2D eigenvalue weighted by molar-refractivity contribution is -0.132. The van der Waals surface area contributed by atoms with Crippen LogP contribution in [0.4, 0.5) is 0 Å². The van der Waals surface area contributed by atoms with E-state index in [-0.39, 0.29) is 11.8 Å². The quantitative estimate of drug-likeness (QED) is 0.803. The fourth-order valence-corrected chi connectivity index (χ4v) is 3.84. The summed E-state index contributed by atoms with van der Waals surface area (Å²) in [4.78, 5) is 25.9. The zero-order valence-electron chi connectivity index (χ0n) is 14.1. The summed E-state index contributed by atoms with van der Waals surface area (Å²) in [5, 5.41) is 3.54. The maximum atomic E-state index is 12.1. The maximum Gasteiger partial charge on any atom is 0.230 e. The molecule has 0 bridgehead atoms. The predicted octanol–water partition coefficient (Wildman–Crippen LogP) is 3.34. The fraction of sp³-hybridized carbons (Fsp3) is 0.556. The molecule has 1 unspecified atom stereocenters. The van der Waals surface area contributed by atoms with Crippen molar-refractivity contribution < 1.29 is 9.59 Å². The van der Waals surface area contributed by atoms with Crippen LogP contribution in [0.5, 0.6) is 0 Å². The summed E-state index contributed by atoms with van der Waals surface area (Å²) in [6.45, 7) is 4.30. The first-order valence-corrected chi connectivity index (χ1v) is 9.94. The number of nitrogens with zero attached hydrogens (tertiary/aromatic N) is 1. The Bertz CT molecular complexity index is 568. The van der Waals surface area contributed by atoms with Crippen molar-refractivity contribution in [1.29, 1.82) is 0 Å². The lowest BCUT2D eigenvalue weighted by Crippen LogP contribution is -2.40. The van der Waals surface area contributed by atoms with Crippen LogP contribution in [0.25, 0.3) is 0 Å². The SMILES string of the molecule is CC1CCCN(C(=O)CCNC(=O)CSCc2cccc(Cl)c2)C1. The number of halogens is 1. The number of piperidine rings is 1. The first kappa shape index (κ1) is 19.1. The topological polar surface area (TPSA) is 49.4 Å². The minimum Gasteiger partial charge on any atom is -0.355 e. The number of rotatable bonds is 7. The zero-order valence-corrected chi connectivity index (χ0v) is 15.7. The molecule has 4 nitrogen and oxygen atoms in total. The summed E-state index contributed by atoms with van der Waals surface area (Å²) in [7, 11) is 0. The van der Waals surface area contributed by atoms with Gasteiger partial charge in [-0.05, 0) is 36.5 Å². The van der Waals surface area contributed by atoms with Crippen molar-refractivity contribution in [3.63, 3.8) is 0 Å². The summed E-state index contributed by atoms with van der Waals surface area (Å²) in [6.07, 6.45) is 2.67. The van der Waals surface area contributed by atoms with E-state index in [1.54, 1.807) is 11.8 Å². The van der Waals surface area contributed by atoms with Crippen LogP contribution in [0.15, 0.2) is 24.3 Å². The highest BCUT2D eigenvalue weighted by atomic mass is 35.5. The molecule has 1 aliphatic heterocycles. The molecule has 1 aliphatic rings. The van der Waals surface area contributed by atoms with Crippen molar-refractivity contribution in [3.05, 3.63) is 34.9 Å². The van der Waals surface area contributed by atoms with Gasteiger partial charge in [0.2, 0.25) is 11.8 Å². The molecule has 2 rings (SSSR count). The van der Waals surface area contributed by atoms with E-state index in [1.807, 2.05) is 29.2 Å². The van der Waals surface area contributed by atoms with Crippen molar-refractivity contribution >= 4 is 35.2 Å². The van der Waals surface area contributed by atoms with Crippen LogP contribution in [0.1, 0.15) is 31.7 Å². The molecular formula is C18H25ClN2O2S. The molecule has 0 spiro atoms. The Morgan fingerprint density at radius 3 is 3.00 bits per heavy atom. The Hall–Kier alpha value is -1.20. The molecule has 1 N–H and O–H groups in total. The van der Waals surface area contributed by atoms with Gasteiger partial charge in [-0.3, -0.25) is 9.59 Å². The number of carbonyl (C=O) groups is 2. The third-order valence-corrected chi connectivity index (χ3v) is 5.30. The first-order chi connectivity index (χ1) is 11.5. The van der Waals surface area contributed by atoms with E-state index in [9.17, 15) is 9.59 Å². The van der Waals surface area contributed by atoms with Crippen LogP contribution >= 0.6 is 23.4 Å². The van der Waals surface area contributed by atoms with Crippen LogP contribution in [0, 0.1) is 5.92 Å². The minimum atomic E-state index is -0.0261. The summed E-state index contributed by atoms with van der Waals surface area (Å²) >= 11 is 7.48. The third-order valence-electron chi connectivity index (χ3n) is 4.06. The van der Waals surface area contributed by atoms with E-state index in [2.05, 4.69) is 12.2 Å². The molecule has 1 heterocycles. The maximum absolute atomic E-state index is 12.1. The lowest BCUT2D eigenvalue weighted by atomic mass is 10.00. The molecule has 0 radical (unpaired) electrons. The molecule has 2 amide bonds. The molecule has 1 atom stereocenters. The van der Waals surface area contributed by atoms with Gasteiger partial charge in [0.25, 0.3) is 0 Å². The monoisotopic (exact) mass is 368 g/mol. The Morgan fingerprint density at radius 1 is 1.42 bits per heavy atom. The van der Waals surface area contributed by atoms with Crippen molar-refractivity contribution in [2.45, 2.75) is 31.9 Å². The van der Waals surface area contributed by atoms with Gasteiger partial charge in [0.05, 0.1) is 5.75 Å². The van der Waals surface area contributed by atoms with E-state index < -0.39 is 0 Å². The predicted molar refractivity (Wildman–Crippen MR) is 100 cm³/mol. The Morgan fingerprint density at radius 2 is 2.25 bits per heavy atom. The number of carbonyl (C=O) groups excluding carboxylic acids is 2. The van der Waals surface area contributed by atoms with Gasteiger partial charge in [-0.1, -0.05) is 30.7 Å².